The van der Waals surface area contributed by atoms with E-state index in [9.17, 15) is 0 Å². The molecule has 2 aromatic heterocycles. The first kappa shape index (κ1) is 44.3. The van der Waals surface area contributed by atoms with Crippen LogP contribution in [-0.2, 0) is 27.1 Å². The van der Waals surface area contributed by atoms with Crippen molar-refractivity contribution in [3.05, 3.63) is 161 Å². The minimum atomic E-state index is -0.186. The molecule has 5 heterocycles. The van der Waals surface area contributed by atoms with Gasteiger partial charge in [-0.05, 0) is 140 Å². The molecule has 4 nitrogen and oxygen atoms in total. The van der Waals surface area contributed by atoms with Gasteiger partial charge in [0.1, 0.15) is 11.2 Å². The first-order valence-electron chi connectivity index (χ1n) is 26.9. The second kappa shape index (κ2) is 14.0. The predicted octanol–water partition coefficient (Wildman–Crippen LogP) is 16.1. The van der Waals surface area contributed by atoms with Crippen molar-refractivity contribution in [2.24, 2.45) is 0 Å². The lowest BCUT2D eigenvalue weighted by Crippen LogP contribution is -2.61. The van der Waals surface area contributed by atoms with E-state index in [4.69, 9.17) is 4.42 Å². The Morgan fingerprint density at radius 2 is 1.22 bits per heavy atom. The van der Waals surface area contributed by atoms with Crippen LogP contribution >= 0.6 is 0 Å². The average Bonchev–Trinajstić information content (AvgIpc) is 4.02. The number of nitrogens with zero attached hydrogens (tertiary/aromatic N) is 3. The van der Waals surface area contributed by atoms with Crippen LogP contribution in [0.15, 0.2) is 132 Å². The van der Waals surface area contributed by atoms with E-state index in [0.717, 1.165) is 34.0 Å². The minimum Gasteiger partial charge on any atom is -0.456 e. The minimum absolute atomic E-state index is 0.00240. The van der Waals surface area contributed by atoms with Crippen LogP contribution in [0.1, 0.15) is 149 Å². The van der Waals surface area contributed by atoms with E-state index in [1.807, 2.05) is 0 Å². The van der Waals surface area contributed by atoms with Gasteiger partial charge in [0.05, 0.1) is 22.3 Å². The van der Waals surface area contributed by atoms with E-state index in [0.29, 0.717) is 0 Å². The lowest BCUT2D eigenvalue weighted by molar-refractivity contribution is 0.195. The molecule has 72 heavy (non-hydrogen) atoms. The van der Waals surface area contributed by atoms with Crippen LogP contribution < -0.4 is 26.2 Å². The van der Waals surface area contributed by atoms with Gasteiger partial charge in [0.25, 0.3) is 6.71 Å². The van der Waals surface area contributed by atoms with Crippen molar-refractivity contribution in [2.45, 2.75) is 148 Å². The maximum absolute atomic E-state index is 6.76. The molecule has 2 aliphatic carbocycles. The van der Waals surface area contributed by atoms with Crippen molar-refractivity contribution in [3.8, 4) is 16.9 Å². The van der Waals surface area contributed by atoms with Gasteiger partial charge in [-0.15, -0.1) is 0 Å². The number of furan rings is 1. The standard InChI is InChI=1S/C67H68BN3O/c1-62(2,3)39-27-30-50-47(34-39)66(12)31-18-19-32-67(66,13)71(50)42-28-29-48-52(38-42)69(51-24-20-26-56-57(51)44-22-15-17-25-55(44)72-56)53-36-41(64(7,8)9)37-54-59(53)68(48)49-35-40(63(4,5)6)33-45-58-61(70(54)60(45)49)43-21-14-16-23-46(43)65(58,10)11/h14-17,20-30,33-38H,18-19,31-32H2,1-13H3. The molecule has 0 N–H and O–H groups in total. The van der Waals surface area contributed by atoms with Gasteiger partial charge >= 0.3 is 0 Å². The zero-order chi connectivity index (χ0) is 50.0. The first-order chi connectivity index (χ1) is 34.1. The van der Waals surface area contributed by atoms with Crippen molar-refractivity contribution < 1.29 is 4.42 Å². The van der Waals surface area contributed by atoms with Gasteiger partial charge in [-0.3, -0.25) is 0 Å². The quantitative estimate of drug-likeness (QED) is 0.161. The monoisotopic (exact) mass is 942 g/mol. The van der Waals surface area contributed by atoms with Crippen LogP contribution in [0.5, 0.6) is 0 Å². The highest BCUT2D eigenvalue weighted by atomic mass is 16.3. The van der Waals surface area contributed by atoms with Gasteiger partial charge in [0, 0.05) is 61.1 Å². The van der Waals surface area contributed by atoms with E-state index in [1.54, 1.807) is 0 Å². The molecule has 0 spiro atoms. The summed E-state index contributed by atoms with van der Waals surface area (Å²) in [7, 11) is 0. The number of aromatic nitrogens is 1. The molecule has 14 rings (SSSR count). The number of anilines is 5. The van der Waals surface area contributed by atoms with E-state index < -0.39 is 0 Å². The average molecular weight is 942 g/mol. The fraction of sp³-hybridized carbons (Fsp3) is 0.343. The van der Waals surface area contributed by atoms with Crippen molar-refractivity contribution in [2.75, 3.05) is 9.80 Å². The van der Waals surface area contributed by atoms with Gasteiger partial charge in [0.2, 0.25) is 0 Å². The molecule has 5 aliphatic rings. The summed E-state index contributed by atoms with van der Waals surface area (Å²) < 4.78 is 9.49. The fourth-order valence-corrected chi connectivity index (χ4v) is 14.8. The Hall–Kier alpha value is -6.46. The number of para-hydroxylation sites is 1. The zero-order valence-electron chi connectivity index (χ0n) is 44.8. The number of benzene rings is 7. The Kier molecular flexibility index (Phi) is 8.59. The highest BCUT2D eigenvalue weighted by molar-refractivity contribution is 7.00. The topological polar surface area (TPSA) is 24.6 Å². The third kappa shape index (κ3) is 5.55. The Balaban J connectivity index is 1.13. The summed E-state index contributed by atoms with van der Waals surface area (Å²) in [6.45, 7) is 31.5. The van der Waals surface area contributed by atoms with E-state index >= 15 is 0 Å². The molecule has 1 fully saturated rings. The van der Waals surface area contributed by atoms with E-state index in [-0.39, 0.29) is 39.3 Å². The van der Waals surface area contributed by atoms with Crippen molar-refractivity contribution >= 4 is 84.4 Å². The summed E-state index contributed by atoms with van der Waals surface area (Å²) in [6.07, 6.45) is 4.82. The van der Waals surface area contributed by atoms with E-state index in [2.05, 4.69) is 232 Å². The molecule has 360 valence electrons. The molecule has 9 aromatic rings. The Morgan fingerprint density at radius 3 is 2.00 bits per heavy atom. The number of hydrogen-bond acceptors (Lipinski definition) is 3. The maximum atomic E-state index is 6.76. The molecular formula is C67H68BN3O. The molecule has 7 aromatic carbocycles. The second-order valence-electron chi connectivity index (χ2n) is 26.5. The number of fused-ring (bicyclic) bond motifs is 15. The van der Waals surface area contributed by atoms with Crippen LogP contribution in [0, 0.1) is 0 Å². The van der Waals surface area contributed by atoms with Gasteiger partial charge in [-0.1, -0.05) is 169 Å². The van der Waals surface area contributed by atoms with Crippen molar-refractivity contribution in [1.82, 2.24) is 4.57 Å². The Morgan fingerprint density at radius 1 is 0.528 bits per heavy atom. The molecule has 0 saturated heterocycles. The third-order valence-corrected chi connectivity index (χ3v) is 18.9. The molecule has 0 radical (unpaired) electrons. The van der Waals surface area contributed by atoms with Gasteiger partial charge < -0.3 is 18.8 Å². The second-order valence-corrected chi connectivity index (χ2v) is 26.5. The maximum Gasteiger partial charge on any atom is 0.252 e. The van der Waals surface area contributed by atoms with Gasteiger partial charge in [-0.25, -0.2) is 0 Å². The van der Waals surface area contributed by atoms with Crippen LogP contribution in [0.2, 0.25) is 0 Å². The summed E-state index contributed by atoms with van der Waals surface area (Å²) in [4.78, 5) is 5.47. The zero-order valence-corrected chi connectivity index (χ0v) is 44.8. The van der Waals surface area contributed by atoms with E-state index in [1.165, 1.54) is 120 Å². The van der Waals surface area contributed by atoms with Crippen LogP contribution in [-0.4, -0.2) is 16.8 Å². The number of hydrogen-bond donors (Lipinski definition) is 0. The summed E-state index contributed by atoms with van der Waals surface area (Å²) in [5.74, 6) is 0. The highest BCUT2D eigenvalue weighted by Gasteiger charge is 2.58. The lowest BCUT2D eigenvalue weighted by atomic mass is 9.33. The summed E-state index contributed by atoms with van der Waals surface area (Å²) in [6, 6.07) is 50.0. The highest BCUT2D eigenvalue weighted by Crippen LogP contribution is 2.62. The van der Waals surface area contributed by atoms with Crippen LogP contribution in [0.25, 0.3) is 49.8 Å². The summed E-state index contributed by atoms with van der Waals surface area (Å²) >= 11 is 0. The summed E-state index contributed by atoms with van der Waals surface area (Å²) in [5, 5.41) is 3.68. The summed E-state index contributed by atoms with van der Waals surface area (Å²) in [5.41, 5.74) is 25.7. The number of rotatable bonds is 2. The normalized spacial score (nSPS) is 20.5. The molecule has 3 aliphatic heterocycles. The third-order valence-electron chi connectivity index (χ3n) is 18.9. The predicted molar refractivity (Wildman–Crippen MR) is 306 cm³/mol. The van der Waals surface area contributed by atoms with Crippen LogP contribution in [0.3, 0.4) is 0 Å². The smallest absolute Gasteiger partial charge is 0.252 e. The largest absolute Gasteiger partial charge is 0.456 e. The molecule has 0 amide bonds. The van der Waals surface area contributed by atoms with Gasteiger partial charge in [0.15, 0.2) is 0 Å². The SMILES string of the molecule is CC(C)(C)c1cc2c3c(c1)-n1c4c(c5cc(C(C)(C)C)cc(c51)B3c1ccc(N3c5ccc(C(C)(C)C)cc5C5(C)CCCCC35C)cc1N2c1cccc2oc3ccccc3c12)C(C)(C)c1ccccc1-4. The Bertz CT molecular complexity index is 3860. The molecule has 2 unspecified atom stereocenters. The van der Waals surface area contributed by atoms with Crippen molar-refractivity contribution in [3.63, 3.8) is 0 Å². The molecule has 5 heteroatoms. The Labute approximate surface area is 427 Å². The van der Waals surface area contributed by atoms with Crippen LogP contribution in [0.4, 0.5) is 28.4 Å². The molecular weight excluding hydrogens is 874 g/mol. The van der Waals surface area contributed by atoms with Crippen molar-refractivity contribution in [1.29, 1.82) is 0 Å². The first-order valence-corrected chi connectivity index (χ1v) is 26.9. The lowest BCUT2D eigenvalue weighted by Gasteiger charge is -2.50. The molecule has 2 atom stereocenters. The van der Waals surface area contributed by atoms with Gasteiger partial charge in [-0.2, -0.15) is 0 Å². The fourth-order valence-electron chi connectivity index (χ4n) is 14.8. The molecule has 1 saturated carbocycles. The molecule has 0 bridgehead atoms.